The summed E-state index contributed by atoms with van der Waals surface area (Å²) in [5, 5.41) is 7.77. The van der Waals surface area contributed by atoms with E-state index in [1.807, 2.05) is 26.0 Å². The molecule has 0 bridgehead atoms. The fourth-order valence-corrected chi connectivity index (χ4v) is 3.14. The zero-order valence-electron chi connectivity index (χ0n) is 17.0. The van der Waals surface area contributed by atoms with Crippen molar-refractivity contribution in [2.75, 3.05) is 13.2 Å². The van der Waals surface area contributed by atoms with Crippen LogP contribution in [0.15, 0.2) is 55.5 Å². The first-order valence-electron chi connectivity index (χ1n) is 9.41. The van der Waals surface area contributed by atoms with Crippen LogP contribution in [0, 0.1) is 0 Å². The van der Waals surface area contributed by atoms with Gasteiger partial charge in [0, 0.05) is 20.1 Å². The summed E-state index contributed by atoms with van der Waals surface area (Å²) in [7, 11) is 0. The number of hydrogen-bond donors (Lipinski definition) is 2. The van der Waals surface area contributed by atoms with Gasteiger partial charge in [0.1, 0.15) is 17.9 Å². The van der Waals surface area contributed by atoms with Gasteiger partial charge in [0.25, 0.3) is 0 Å². The van der Waals surface area contributed by atoms with E-state index in [2.05, 4.69) is 52.9 Å². The predicted molar refractivity (Wildman–Crippen MR) is 127 cm³/mol. The zero-order valence-corrected chi connectivity index (χ0v) is 20.2. The van der Waals surface area contributed by atoms with Crippen molar-refractivity contribution in [2.24, 2.45) is 10.2 Å². The third kappa shape index (κ3) is 8.50. The molecule has 0 aliphatic heterocycles. The zero-order chi connectivity index (χ0) is 22.6. The van der Waals surface area contributed by atoms with E-state index in [-0.39, 0.29) is 0 Å². The number of ether oxygens (including phenoxy) is 2. The van der Waals surface area contributed by atoms with Crippen LogP contribution in [0.25, 0.3) is 0 Å². The second-order valence-electron chi connectivity index (χ2n) is 5.99. The molecule has 0 heterocycles. The van der Waals surface area contributed by atoms with Gasteiger partial charge in [-0.3, -0.25) is 9.59 Å². The van der Waals surface area contributed by atoms with Crippen LogP contribution in [0.1, 0.15) is 31.4 Å². The van der Waals surface area contributed by atoms with E-state index in [1.165, 1.54) is 12.4 Å². The van der Waals surface area contributed by atoms with E-state index in [4.69, 9.17) is 9.47 Å². The SMILES string of the molecule is CCOc1ccc(Br)cc1C=NNC(=O)CC(=O)NN=Cc1cc(Br)ccc1OCC. The standard InChI is InChI=1S/C21H22Br2N4O4/c1-3-30-18-7-5-16(22)9-14(18)12-24-26-20(28)11-21(29)27-25-13-15-10-17(23)6-8-19(15)31-4-2/h5-10,12-13H,3-4,11H2,1-2H3,(H,26,28)(H,27,29). The van der Waals surface area contributed by atoms with Gasteiger partial charge in [-0.2, -0.15) is 10.2 Å². The molecule has 0 radical (unpaired) electrons. The Bertz CT molecular complexity index is 902. The second kappa shape index (κ2) is 12.9. The highest BCUT2D eigenvalue weighted by atomic mass is 79.9. The number of carbonyl (C=O) groups is 2. The number of nitrogens with one attached hydrogen (secondary N) is 2. The fourth-order valence-electron chi connectivity index (χ4n) is 2.39. The molecule has 2 rings (SSSR count). The van der Waals surface area contributed by atoms with E-state index >= 15 is 0 Å². The van der Waals surface area contributed by atoms with Gasteiger partial charge in [-0.25, -0.2) is 10.9 Å². The van der Waals surface area contributed by atoms with Crippen LogP contribution in [0.3, 0.4) is 0 Å². The summed E-state index contributed by atoms with van der Waals surface area (Å²) >= 11 is 6.75. The number of halogens is 2. The molecule has 0 saturated heterocycles. The van der Waals surface area contributed by atoms with Crippen molar-refractivity contribution in [3.05, 3.63) is 56.5 Å². The lowest BCUT2D eigenvalue weighted by Gasteiger charge is -2.07. The number of rotatable bonds is 10. The Morgan fingerprint density at radius 2 is 1.26 bits per heavy atom. The molecule has 0 atom stereocenters. The van der Waals surface area contributed by atoms with Crippen LogP contribution >= 0.6 is 31.9 Å². The molecule has 2 N–H and O–H groups in total. The summed E-state index contributed by atoms with van der Waals surface area (Å²) in [5.74, 6) is 0.119. The molecule has 164 valence electrons. The van der Waals surface area contributed by atoms with Crippen LogP contribution < -0.4 is 20.3 Å². The molecule has 2 aromatic carbocycles. The van der Waals surface area contributed by atoms with E-state index in [0.29, 0.717) is 35.8 Å². The molecule has 2 aromatic rings. The maximum Gasteiger partial charge on any atom is 0.249 e. The van der Waals surface area contributed by atoms with E-state index < -0.39 is 18.2 Å². The lowest BCUT2D eigenvalue weighted by molar-refractivity contribution is -0.129. The topological polar surface area (TPSA) is 101 Å². The Hall–Kier alpha value is -2.72. The average Bonchev–Trinajstić information content (AvgIpc) is 2.72. The van der Waals surface area contributed by atoms with Crippen LogP contribution in [-0.2, 0) is 9.59 Å². The van der Waals surface area contributed by atoms with Crippen molar-refractivity contribution in [1.82, 2.24) is 10.9 Å². The molecule has 0 fully saturated rings. The minimum absolute atomic E-state index is 0.428. The van der Waals surface area contributed by atoms with Crippen LogP contribution in [0.5, 0.6) is 11.5 Å². The Kier molecular flexibility index (Phi) is 10.2. The van der Waals surface area contributed by atoms with E-state index in [0.717, 1.165) is 8.95 Å². The quantitative estimate of drug-likeness (QED) is 0.264. The lowest BCUT2D eigenvalue weighted by atomic mass is 10.2. The molecule has 0 aliphatic carbocycles. The molecule has 0 aliphatic rings. The molecule has 2 amide bonds. The number of amides is 2. The first-order chi connectivity index (χ1) is 14.9. The highest BCUT2D eigenvalue weighted by molar-refractivity contribution is 9.10. The Balaban J connectivity index is 1.88. The van der Waals surface area contributed by atoms with Gasteiger partial charge in [-0.05, 0) is 50.2 Å². The summed E-state index contributed by atoms with van der Waals surface area (Å²) in [6.07, 6.45) is 2.47. The van der Waals surface area contributed by atoms with E-state index in [9.17, 15) is 9.59 Å². The van der Waals surface area contributed by atoms with Crippen molar-refractivity contribution < 1.29 is 19.1 Å². The third-order valence-electron chi connectivity index (χ3n) is 3.65. The molecule has 10 heteroatoms. The predicted octanol–water partition coefficient (Wildman–Crippen LogP) is 4.00. The van der Waals surface area contributed by atoms with Crippen molar-refractivity contribution in [3.8, 4) is 11.5 Å². The summed E-state index contributed by atoms with van der Waals surface area (Å²) in [6.45, 7) is 4.75. The molecule has 0 spiro atoms. The number of hydrogen-bond acceptors (Lipinski definition) is 6. The van der Waals surface area contributed by atoms with Crippen molar-refractivity contribution in [3.63, 3.8) is 0 Å². The largest absolute Gasteiger partial charge is 0.493 e. The first-order valence-corrected chi connectivity index (χ1v) is 11.0. The van der Waals surface area contributed by atoms with Gasteiger partial charge >= 0.3 is 0 Å². The van der Waals surface area contributed by atoms with Crippen molar-refractivity contribution >= 4 is 56.1 Å². The van der Waals surface area contributed by atoms with Gasteiger partial charge in [0.15, 0.2) is 0 Å². The highest BCUT2D eigenvalue weighted by Gasteiger charge is 2.08. The first kappa shape index (κ1) is 24.5. The Morgan fingerprint density at radius 3 is 1.65 bits per heavy atom. The average molecular weight is 554 g/mol. The van der Waals surface area contributed by atoms with Gasteiger partial charge in [0.05, 0.1) is 25.6 Å². The van der Waals surface area contributed by atoms with Crippen LogP contribution in [-0.4, -0.2) is 37.5 Å². The summed E-state index contributed by atoms with van der Waals surface area (Å²) in [4.78, 5) is 23.9. The lowest BCUT2D eigenvalue weighted by Crippen LogP contribution is -2.27. The molecule has 31 heavy (non-hydrogen) atoms. The molecule has 0 aromatic heterocycles. The summed E-state index contributed by atoms with van der Waals surface area (Å²) < 4.78 is 12.7. The maximum absolute atomic E-state index is 11.9. The van der Waals surface area contributed by atoms with Gasteiger partial charge in [-0.1, -0.05) is 31.9 Å². The monoisotopic (exact) mass is 552 g/mol. The normalized spacial score (nSPS) is 11.0. The third-order valence-corrected chi connectivity index (χ3v) is 4.64. The number of carbonyl (C=O) groups excluding carboxylic acids is 2. The summed E-state index contributed by atoms with van der Waals surface area (Å²) in [6, 6.07) is 10.9. The van der Waals surface area contributed by atoms with Gasteiger partial charge < -0.3 is 9.47 Å². The Morgan fingerprint density at radius 1 is 0.839 bits per heavy atom. The van der Waals surface area contributed by atoms with Crippen molar-refractivity contribution in [2.45, 2.75) is 20.3 Å². The molecule has 0 unspecified atom stereocenters. The second-order valence-corrected chi connectivity index (χ2v) is 7.82. The van der Waals surface area contributed by atoms with E-state index in [1.54, 1.807) is 24.3 Å². The highest BCUT2D eigenvalue weighted by Crippen LogP contribution is 2.22. The minimum atomic E-state index is -0.575. The Labute approximate surface area is 197 Å². The molecular formula is C21H22Br2N4O4. The van der Waals surface area contributed by atoms with Gasteiger partial charge in [-0.15, -0.1) is 0 Å². The molecule has 8 nitrogen and oxygen atoms in total. The van der Waals surface area contributed by atoms with Crippen LogP contribution in [0.4, 0.5) is 0 Å². The number of nitrogens with zero attached hydrogens (tertiary/aromatic N) is 2. The number of benzene rings is 2. The fraction of sp³-hybridized carbons (Fsp3) is 0.238. The molecular weight excluding hydrogens is 532 g/mol. The molecule has 0 saturated carbocycles. The van der Waals surface area contributed by atoms with Crippen molar-refractivity contribution in [1.29, 1.82) is 0 Å². The minimum Gasteiger partial charge on any atom is -0.493 e. The maximum atomic E-state index is 11.9. The number of hydrazone groups is 2. The summed E-state index contributed by atoms with van der Waals surface area (Å²) in [5.41, 5.74) is 6.00. The van der Waals surface area contributed by atoms with Crippen LogP contribution in [0.2, 0.25) is 0 Å². The van der Waals surface area contributed by atoms with Gasteiger partial charge in [0.2, 0.25) is 11.8 Å². The smallest absolute Gasteiger partial charge is 0.249 e.